The summed E-state index contributed by atoms with van der Waals surface area (Å²) in [6.07, 6.45) is 2.58. The molecule has 0 atom stereocenters. The van der Waals surface area contributed by atoms with Gasteiger partial charge in [-0.25, -0.2) is 0 Å². The van der Waals surface area contributed by atoms with Crippen molar-refractivity contribution in [1.82, 2.24) is 4.90 Å². The summed E-state index contributed by atoms with van der Waals surface area (Å²) in [5.74, 6) is -0.684. The number of carbonyl (C=O) groups excluding carboxylic acids is 2. The molecule has 21 heavy (non-hydrogen) atoms. The number of imide groups is 1. The number of phenols is 2. The minimum absolute atomic E-state index is 0.154. The number of phenolic OH excluding ortho intramolecular Hbond substituents is 2. The number of carbonyl (C=O) groups is 2. The fourth-order valence-electron chi connectivity index (χ4n) is 2.05. The van der Waals surface area contributed by atoms with Crippen LogP contribution in [-0.2, 0) is 16.0 Å². The minimum Gasteiger partial charge on any atom is -0.504 e. The second kappa shape index (κ2) is 8.29. The second-order valence-corrected chi connectivity index (χ2v) is 5.01. The fraction of sp³-hybridized carbons (Fsp3) is 0.500. The van der Waals surface area contributed by atoms with Gasteiger partial charge in [0.1, 0.15) is 0 Å². The largest absolute Gasteiger partial charge is 0.504 e. The maximum Gasteiger partial charge on any atom is 0.229 e. The summed E-state index contributed by atoms with van der Waals surface area (Å²) in [7, 11) is 0. The third-order valence-electron chi connectivity index (χ3n) is 3.19. The van der Waals surface area contributed by atoms with Crippen molar-refractivity contribution in [3.8, 4) is 11.5 Å². The third-order valence-corrected chi connectivity index (χ3v) is 3.19. The van der Waals surface area contributed by atoms with Crippen molar-refractivity contribution in [2.24, 2.45) is 0 Å². The Morgan fingerprint density at radius 1 is 1.00 bits per heavy atom. The number of amides is 2. The predicted molar refractivity (Wildman–Crippen MR) is 80.0 cm³/mol. The molecule has 1 aromatic carbocycles. The van der Waals surface area contributed by atoms with Crippen molar-refractivity contribution >= 4 is 11.8 Å². The van der Waals surface area contributed by atoms with Gasteiger partial charge in [-0.3, -0.25) is 14.5 Å². The van der Waals surface area contributed by atoms with E-state index >= 15 is 0 Å². The first-order chi connectivity index (χ1) is 9.99. The standard InChI is InChI=1S/C16H23NO4/c1-3-5-15(20)17(16(21)6-4-2)10-9-12-7-8-13(18)14(19)11-12/h7-8,11,18-19H,3-6,9-10H2,1-2H3. The maximum atomic E-state index is 12.0. The number of benzene rings is 1. The smallest absolute Gasteiger partial charge is 0.229 e. The van der Waals surface area contributed by atoms with Gasteiger partial charge < -0.3 is 10.2 Å². The van der Waals surface area contributed by atoms with Crippen LogP contribution < -0.4 is 0 Å². The number of hydrogen-bond donors (Lipinski definition) is 2. The van der Waals surface area contributed by atoms with Crippen LogP contribution in [0.4, 0.5) is 0 Å². The number of rotatable bonds is 7. The summed E-state index contributed by atoms with van der Waals surface area (Å²) in [6.45, 7) is 4.10. The van der Waals surface area contributed by atoms with E-state index in [-0.39, 0.29) is 23.3 Å². The third kappa shape index (κ3) is 5.10. The van der Waals surface area contributed by atoms with Gasteiger partial charge in [0.25, 0.3) is 0 Å². The summed E-state index contributed by atoms with van der Waals surface area (Å²) in [5, 5.41) is 18.7. The molecule has 0 aliphatic carbocycles. The molecular weight excluding hydrogens is 270 g/mol. The van der Waals surface area contributed by atoms with Crippen molar-refractivity contribution in [2.75, 3.05) is 6.54 Å². The molecule has 0 heterocycles. The molecule has 1 aromatic rings. The van der Waals surface area contributed by atoms with Crippen LogP contribution in [-0.4, -0.2) is 33.5 Å². The molecule has 0 aliphatic heterocycles. The molecule has 0 fully saturated rings. The van der Waals surface area contributed by atoms with E-state index in [1.807, 2.05) is 13.8 Å². The second-order valence-electron chi connectivity index (χ2n) is 5.01. The zero-order valence-electron chi connectivity index (χ0n) is 12.6. The predicted octanol–water partition coefficient (Wildman–Crippen LogP) is 2.60. The van der Waals surface area contributed by atoms with Gasteiger partial charge in [-0.15, -0.1) is 0 Å². The molecule has 0 bridgehead atoms. The van der Waals surface area contributed by atoms with E-state index in [1.54, 1.807) is 6.07 Å². The van der Waals surface area contributed by atoms with E-state index in [2.05, 4.69) is 0 Å². The van der Waals surface area contributed by atoms with Gasteiger partial charge in [0, 0.05) is 19.4 Å². The zero-order valence-corrected chi connectivity index (χ0v) is 12.6. The van der Waals surface area contributed by atoms with E-state index in [1.165, 1.54) is 17.0 Å². The monoisotopic (exact) mass is 293 g/mol. The van der Waals surface area contributed by atoms with Gasteiger partial charge in [-0.1, -0.05) is 19.9 Å². The first-order valence-corrected chi connectivity index (χ1v) is 7.33. The molecular formula is C16H23NO4. The van der Waals surface area contributed by atoms with E-state index < -0.39 is 0 Å². The first-order valence-electron chi connectivity index (χ1n) is 7.33. The van der Waals surface area contributed by atoms with E-state index in [0.29, 0.717) is 38.6 Å². The van der Waals surface area contributed by atoms with E-state index in [0.717, 1.165) is 5.56 Å². The van der Waals surface area contributed by atoms with Crippen LogP contribution in [0.2, 0.25) is 0 Å². The molecule has 0 saturated carbocycles. The van der Waals surface area contributed by atoms with Gasteiger partial charge in [0.15, 0.2) is 11.5 Å². The molecule has 5 heteroatoms. The van der Waals surface area contributed by atoms with E-state index in [9.17, 15) is 19.8 Å². The molecule has 2 amide bonds. The lowest BCUT2D eigenvalue weighted by molar-refractivity contribution is -0.144. The van der Waals surface area contributed by atoms with Gasteiger partial charge in [0.05, 0.1) is 0 Å². The highest BCUT2D eigenvalue weighted by atomic mass is 16.3. The number of aromatic hydroxyl groups is 2. The molecule has 0 saturated heterocycles. The molecule has 0 aromatic heterocycles. The van der Waals surface area contributed by atoms with Crippen molar-refractivity contribution < 1.29 is 19.8 Å². The minimum atomic E-state index is -0.196. The molecule has 2 N–H and O–H groups in total. The Hall–Kier alpha value is -2.04. The lowest BCUT2D eigenvalue weighted by atomic mass is 10.1. The van der Waals surface area contributed by atoms with Crippen LogP contribution in [0.5, 0.6) is 11.5 Å². The van der Waals surface area contributed by atoms with Crippen molar-refractivity contribution in [2.45, 2.75) is 46.0 Å². The molecule has 5 nitrogen and oxygen atoms in total. The van der Waals surface area contributed by atoms with Crippen LogP contribution in [0.1, 0.15) is 45.1 Å². The Morgan fingerprint density at radius 3 is 2.05 bits per heavy atom. The number of nitrogens with zero attached hydrogens (tertiary/aromatic N) is 1. The zero-order chi connectivity index (χ0) is 15.8. The lowest BCUT2D eigenvalue weighted by Crippen LogP contribution is -2.38. The lowest BCUT2D eigenvalue weighted by Gasteiger charge is -2.20. The van der Waals surface area contributed by atoms with Crippen LogP contribution >= 0.6 is 0 Å². The average Bonchev–Trinajstić information content (AvgIpc) is 2.43. The Balaban J connectivity index is 2.73. The van der Waals surface area contributed by atoms with E-state index in [4.69, 9.17) is 0 Å². The Kier molecular flexibility index (Phi) is 6.72. The Labute approximate surface area is 125 Å². The van der Waals surface area contributed by atoms with Crippen LogP contribution in [0.25, 0.3) is 0 Å². The Morgan fingerprint density at radius 2 is 1.57 bits per heavy atom. The summed E-state index contributed by atoms with van der Waals surface area (Å²) in [6, 6.07) is 4.51. The summed E-state index contributed by atoms with van der Waals surface area (Å²) in [5.41, 5.74) is 0.767. The number of hydrogen-bond acceptors (Lipinski definition) is 4. The molecule has 0 radical (unpaired) electrons. The van der Waals surface area contributed by atoms with Gasteiger partial charge in [-0.2, -0.15) is 0 Å². The van der Waals surface area contributed by atoms with Crippen molar-refractivity contribution in [3.63, 3.8) is 0 Å². The molecule has 0 spiro atoms. The van der Waals surface area contributed by atoms with Gasteiger partial charge in [-0.05, 0) is 37.0 Å². The van der Waals surface area contributed by atoms with Gasteiger partial charge >= 0.3 is 0 Å². The normalized spacial score (nSPS) is 10.4. The summed E-state index contributed by atoms with van der Waals surface area (Å²) < 4.78 is 0. The summed E-state index contributed by atoms with van der Waals surface area (Å²) >= 11 is 0. The van der Waals surface area contributed by atoms with Gasteiger partial charge in [0.2, 0.25) is 11.8 Å². The van der Waals surface area contributed by atoms with Crippen LogP contribution in [0, 0.1) is 0 Å². The fourth-order valence-corrected chi connectivity index (χ4v) is 2.05. The van der Waals surface area contributed by atoms with Crippen LogP contribution in [0.15, 0.2) is 18.2 Å². The van der Waals surface area contributed by atoms with Crippen molar-refractivity contribution in [1.29, 1.82) is 0 Å². The molecule has 0 aliphatic rings. The maximum absolute atomic E-state index is 12.0. The van der Waals surface area contributed by atoms with Crippen molar-refractivity contribution in [3.05, 3.63) is 23.8 Å². The quantitative estimate of drug-likeness (QED) is 0.757. The van der Waals surface area contributed by atoms with Crippen LogP contribution in [0.3, 0.4) is 0 Å². The highest BCUT2D eigenvalue weighted by Gasteiger charge is 2.19. The highest BCUT2D eigenvalue weighted by Crippen LogP contribution is 2.25. The molecule has 0 unspecified atom stereocenters. The molecule has 116 valence electrons. The average molecular weight is 293 g/mol. The first kappa shape index (κ1) is 17.0. The highest BCUT2D eigenvalue weighted by molar-refractivity contribution is 5.95. The topological polar surface area (TPSA) is 77.8 Å². The molecule has 1 rings (SSSR count). The summed E-state index contributed by atoms with van der Waals surface area (Å²) in [4.78, 5) is 25.3. The Bertz CT molecular complexity index is 481. The SMILES string of the molecule is CCCC(=O)N(CCc1ccc(O)c(O)c1)C(=O)CCC.